The molecule has 0 amide bonds. The first-order chi connectivity index (χ1) is 16.7. The summed E-state index contributed by atoms with van der Waals surface area (Å²) in [4.78, 5) is 13.7. The van der Waals surface area contributed by atoms with E-state index in [9.17, 15) is 4.79 Å². The maximum Gasteiger partial charge on any atom is 0.332 e. The highest BCUT2D eigenvalue weighted by atomic mass is 16.5. The second-order valence-corrected chi connectivity index (χ2v) is 10.9. The molecule has 0 saturated heterocycles. The van der Waals surface area contributed by atoms with Gasteiger partial charge in [-0.2, -0.15) is 0 Å². The van der Waals surface area contributed by atoms with Crippen LogP contribution in [0.4, 0.5) is 5.69 Å². The number of ether oxygens (including phenoxy) is 1. The summed E-state index contributed by atoms with van der Waals surface area (Å²) in [6.07, 6.45) is 0. The maximum atomic E-state index is 13.7. The number of hydrogen-bond donors (Lipinski definition) is 1. The van der Waals surface area contributed by atoms with Crippen molar-refractivity contribution in [2.75, 3.05) is 11.9 Å². The van der Waals surface area contributed by atoms with Crippen molar-refractivity contribution < 1.29 is 9.53 Å². The lowest BCUT2D eigenvalue weighted by molar-refractivity contribution is -0.143. The van der Waals surface area contributed by atoms with E-state index in [-0.39, 0.29) is 16.8 Å². The van der Waals surface area contributed by atoms with Gasteiger partial charge in [0.1, 0.15) is 6.04 Å². The van der Waals surface area contributed by atoms with Crippen molar-refractivity contribution >= 4 is 11.7 Å². The molecule has 1 atom stereocenters. The quantitative estimate of drug-likeness (QED) is 0.331. The van der Waals surface area contributed by atoms with E-state index in [1.165, 1.54) is 16.7 Å². The fourth-order valence-electron chi connectivity index (χ4n) is 6.29. The van der Waals surface area contributed by atoms with Gasteiger partial charge >= 0.3 is 5.97 Å². The minimum atomic E-state index is -0.632. The minimum absolute atomic E-state index is 0.0507. The number of rotatable bonds is 4. The Balaban J connectivity index is 2.00. The molecule has 1 aliphatic heterocycles. The van der Waals surface area contributed by atoms with E-state index in [2.05, 4.69) is 119 Å². The van der Waals surface area contributed by atoms with E-state index in [0.29, 0.717) is 6.61 Å². The Morgan fingerprint density at radius 2 is 1.40 bits per heavy atom. The van der Waals surface area contributed by atoms with E-state index in [0.717, 1.165) is 22.4 Å². The fourth-order valence-corrected chi connectivity index (χ4v) is 6.29. The van der Waals surface area contributed by atoms with Crippen LogP contribution in [0.5, 0.6) is 0 Å². The van der Waals surface area contributed by atoms with E-state index in [1.807, 2.05) is 6.92 Å². The van der Waals surface area contributed by atoms with Gasteiger partial charge < -0.3 is 10.1 Å². The van der Waals surface area contributed by atoms with Gasteiger partial charge in [0.2, 0.25) is 0 Å². The Morgan fingerprint density at radius 1 is 0.857 bits per heavy atom. The Kier molecular flexibility index (Phi) is 5.43. The van der Waals surface area contributed by atoms with E-state index >= 15 is 0 Å². The van der Waals surface area contributed by atoms with Crippen molar-refractivity contribution in [3.8, 4) is 0 Å². The monoisotopic (exact) mass is 465 g/mol. The molecule has 3 heteroatoms. The normalized spacial score (nSPS) is 21.0. The van der Waals surface area contributed by atoms with Gasteiger partial charge in [0.05, 0.1) is 12.0 Å². The number of allylic oxidation sites excluding steroid dienone is 1. The van der Waals surface area contributed by atoms with Gasteiger partial charge in [0.15, 0.2) is 0 Å². The molecule has 3 aromatic carbocycles. The predicted octanol–water partition coefficient (Wildman–Crippen LogP) is 7.05. The number of esters is 1. The first kappa shape index (κ1) is 23.4. The summed E-state index contributed by atoms with van der Waals surface area (Å²) in [5.41, 5.74) is 7.37. The van der Waals surface area contributed by atoms with Crippen LogP contribution in [0.1, 0.15) is 56.9 Å². The molecule has 1 saturated carbocycles. The molecule has 0 spiro atoms. The summed E-state index contributed by atoms with van der Waals surface area (Å²) in [6.45, 7) is 13.5. The smallest absolute Gasteiger partial charge is 0.332 e. The van der Waals surface area contributed by atoms with E-state index < -0.39 is 11.5 Å². The topological polar surface area (TPSA) is 38.3 Å². The highest BCUT2D eigenvalue weighted by Crippen LogP contribution is 2.72. The van der Waals surface area contributed by atoms with Crippen LogP contribution in [0.15, 0.2) is 90.0 Å². The summed E-state index contributed by atoms with van der Waals surface area (Å²) < 4.78 is 5.69. The number of anilines is 1. The summed E-state index contributed by atoms with van der Waals surface area (Å²) in [7, 11) is 0. The molecule has 3 nitrogen and oxygen atoms in total. The molecule has 1 N–H and O–H groups in total. The summed E-state index contributed by atoms with van der Waals surface area (Å²) in [6, 6.07) is 27.3. The fraction of sp³-hybridized carbons (Fsp3) is 0.344. The molecule has 1 unspecified atom stereocenters. The molecule has 5 rings (SSSR count). The summed E-state index contributed by atoms with van der Waals surface area (Å²) >= 11 is 0. The third kappa shape index (κ3) is 3.28. The van der Waals surface area contributed by atoms with Gasteiger partial charge in [-0.25, -0.2) is 4.79 Å². The van der Waals surface area contributed by atoms with Crippen LogP contribution in [0.2, 0.25) is 0 Å². The number of fused-ring (bicyclic) bond motifs is 1. The van der Waals surface area contributed by atoms with Crippen LogP contribution in [0.25, 0.3) is 0 Å². The molecule has 1 heterocycles. The second-order valence-electron chi connectivity index (χ2n) is 10.9. The number of carbonyl (C=O) groups excluding carboxylic acids is 1. The second kappa shape index (κ2) is 8.12. The molecular weight excluding hydrogens is 430 g/mol. The average Bonchev–Trinajstić information content (AvgIpc) is 3.26. The third-order valence-corrected chi connectivity index (χ3v) is 8.53. The van der Waals surface area contributed by atoms with Crippen LogP contribution in [0.3, 0.4) is 0 Å². The van der Waals surface area contributed by atoms with Gasteiger partial charge in [0.25, 0.3) is 0 Å². The molecule has 0 aromatic heterocycles. The van der Waals surface area contributed by atoms with Gasteiger partial charge in [-0.05, 0) is 53.0 Å². The third-order valence-electron chi connectivity index (χ3n) is 8.53. The van der Waals surface area contributed by atoms with E-state index in [1.54, 1.807) is 0 Å². The molecule has 1 fully saturated rings. The lowest BCUT2D eigenvalue weighted by Gasteiger charge is -2.46. The van der Waals surface area contributed by atoms with Crippen LogP contribution in [-0.4, -0.2) is 18.6 Å². The first-order valence-corrected chi connectivity index (χ1v) is 12.6. The zero-order valence-corrected chi connectivity index (χ0v) is 21.6. The van der Waals surface area contributed by atoms with Crippen molar-refractivity contribution in [1.82, 2.24) is 0 Å². The number of hydrogen-bond acceptors (Lipinski definition) is 3. The largest absolute Gasteiger partial charge is 0.464 e. The molecule has 1 aliphatic carbocycles. The lowest BCUT2D eigenvalue weighted by atomic mass is 9.59. The zero-order chi connectivity index (χ0) is 25.0. The summed E-state index contributed by atoms with van der Waals surface area (Å²) in [5, 5.41) is 3.62. The number of aryl methyl sites for hydroxylation is 1. The van der Waals surface area contributed by atoms with Crippen LogP contribution < -0.4 is 5.32 Å². The van der Waals surface area contributed by atoms with Gasteiger partial charge in [0, 0.05) is 5.69 Å². The van der Waals surface area contributed by atoms with Crippen molar-refractivity contribution in [3.05, 3.63) is 112 Å². The minimum Gasteiger partial charge on any atom is -0.464 e. The Labute approximate surface area is 209 Å². The van der Waals surface area contributed by atoms with Gasteiger partial charge in [-0.1, -0.05) is 112 Å². The van der Waals surface area contributed by atoms with Crippen LogP contribution >= 0.6 is 0 Å². The molecule has 2 aliphatic rings. The Morgan fingerprint density at radius 3 is 1.89 bits per heavy atom. The molecule has 0 bridgehead atoms. The molecule has 0 radical (unpaired) electrons. The standard InChI is InChI=1S/C32H35NO2/c1-7-35-29(34)27-26(28-30(3,4)31(28,5)6)32(22-14-10-8-11-15-22,23-16-12-9-13-17-23)24-20-21(2)18-19-25(24)33-27/h8-20,27,33H,7H2,1-6H3. The highest BCUT2D eigenvalue weighted by Gasteiger charge is 2.65. The SMILES string of the molecule is CCOC(=O)C1Nc2ccc(C)cc2C(c2ccccc2)(c2ccccc2)C1=C1C(C)(C)C1(C)C. The number of nitrogens with one attached hydrogen (secondary N) is 1. The van der Waals surface area contributed by atoms with Crippen molar-refractivity contribution in [1.29, 1.82) is 0 Å². The van der Waals surface area contributed by atoms with Gasteiger partial charge in [-0.3, -0.25) is 0 Å². The Bertz CT molecular complexity index is 1250. The highest BCUT2D eigenvalue weighted by molar-refractivity contribution is 5.90. The lowest BCUT2D eigenvalue weighted by Crippen LogP contribution is -2.49. The molecule has 35 heavy (non-hydrogen) atoms. The average molecular weight is 466 g/mol. The van der Waals surface area contributed by atoms with Gasteiger partial charge in [-0.15, -0.1) is 0 Å². The predicted molar refractivity (Wildman–Crippen MR) is 143 cm³/mol. The van der Waals surface area contributed by atoms with Crippen LogP contribution in [0, 0.1) is 17.8 Å². The molecular formula is C32H35NO2. The maximum absolute atomic E-state index is 13.7. The molecule has 3 aromatic rings. The number of carbonyl (C=O) groups is 1. The van der Waals surface area contributed by atoms with Crippen LogP contribution in [-0.2, 0) is 14.9 Å². The van der Waals surface area contributed by atoms with Crippen molar-refractivity contribution in [3.63, 3.8) is 0 Å². The number of benzene rings is 3. The van der Waals surface area contributed by atoms with Crippen molar-refractivity contribution in [2.45, 2.75) is 53.0 Å². The van der Waals surface area contributed by atoms with Crippen molar-refractivity contribution in [2.24, 2.45) is 10.8 Å². The first-order valence-electron chi connectivity index (χ1n) is 12.6. The molecule has 180 valence electrons. The van der Waals surface area contributed by atoms with E-state index in [4.69, 9.17) is 4.74 Å². The summed E-state index contributed by atoms with van der Waals surface area (Å²) in [5.74, 6) is -0.226. The Hall–Kier alpha value is -3.33. The zero-order valence-electron chi connectivity index (χ0n) is 21.6.